The van der Waals surface area contributed by atoms with Crippen molar-refractivity contribution in [3.05, 3.63) is 60.2 Å². The molecular formula is C20H21NO4S. The van der Waals surface area contributed by atoms with E-state index in [2.05, 4.69) is 0 Å². The first-order valence-corrected chi connectivity index (χ1v) is 9.49. The number of nitrogens with zero attached hydrogens (tertiary/aromatic N) is 1. The molecule has 1 heterocycles. The molecule has 6 heteroatoms. The molecule has 0 aliphatic carbocycles. The summed E-state index contributed by atoms with van der Waals surface area (Å²) in [5.41, 5.74) is 0.564. The van der Waals surface area contributed by atoms with Gasteiger partial charge in [-0.3, -0.25) is 9.59 Å². The Labute approximate surface area is 157 Å². The zero-order chi connectivity index (χ0) is 18.4. The molecule has 1 saturated heterocycles. The van der Waals surface area contributed by atoms with E-state index in [1.54, 1.807) is 48.0 Å². The van der Waals surface area contributed by atoms with Crippen LogP contribution in [0.1, 0.15) is 16.8 Å². The standard InChI is InChI=1S/C20H21NO4S/c1-24-17-9-5-6-10-18(17)25-14-20-21(11-12-26-20)19(23)13-16(22)15-7-3-2-4-8-15/h2-10,20H,11-14H2,1H3. The topological polar surface area (TPSA) is 55.8 Å². The number of Topliss-reactive ketones (excluding diaryl/α,β-unsaturated/α-hetero) is 1. The van der Waals surface area contributed by atoms with Crippen LogP contribution in [0.4, 0.5) is 0 Å². The van der Waals surface area contributed by atoms with Crippen LogP contribution in [0.3, 0.4) is 0 Å². The molecule has 0 N–H and O–H groups in total. The summed E-state index contributed by atoms with van der Waals surface area (Å²) in [6, 6.07) is 16.3. The van der Waals surface area contributed by atoms with E-state index in [-0.39, 0.29) is 23.5 Å². The fraction of sp³-hybridized carbons (Fsp3) is 0.300. The van der Waals surface area contributed by atoms with Gasteiger partial charge in [-0.2, -0.15) is 0 Å². The number of carbonyl (C=O) groups is 2. The van der Waals surface area contributed by atoms with Crippen molar-refractivity contribution in [1.29, 1.82) is 0 Å². The van der Waals surface area contributed by atoms with E-state index in [1.165, 1.54) is 0 Å². The molecule has 26 heavy (non-hydrogen) atoms. The minimum Gasteiger partial charge on any atom is -0.493 e. The van der Waals surface area contributed by atoms with Crippen molar-refractivity contribution < 1.29 is 19.1 Å². The van der Waals surface area contributed by atoms with Crippen LogP contribution in [-0.4, -0.2) is 48.0 Å². The van der Waals surface area contributed by atoms with Crippen LogP contribution < -0.4 is 9.47 Å². The van der Waals surface area contributed by atoms with Crippen molar-refractivity contribution in [3.8, 4) is 11.5 Å². The highest BCUT2D eigenvalue weighted by atomic mass is 32.2. The summed E-state index contributed by atoms with van der Waals surface area (Å²) in [6.45, 7) is 0.988. The maximum absolute atomic E-state index is 12.6. The second kappa shape index (κ2) is 8.76. The predicted molar refractivity (Wildman–Crippen MR) is 102 cm³/mol. The highest BCUT2D eigenvalue weighted by Gasteiger charge is 2.31. The van der Waals surface area contributed by atoms with E-state index < -0.39 is 0 Å². The Hall–Kier alpha value is -2.47. The van der Waals surface area contributed by atoms with Crippen LogP contribution in [0.5, 0.6) is 11.5 Å². The molecule has 0 radical (unpaired) electrons. The summed E-state index contributed by atoms with van der Waals surface area (Å²) in [7, 11) is 1.59. The first kappa shape index (κ1) is 18.3. The number of thioether (sulfide) groups is 1. The molecule has 1 atom stereocenters. The second-order valence-electron chi connectivity index (χ2n) is 5.84. The Morgan fingerprint density at radius 2 is 1.77 bits per heavy atom. The van der Waals surface area contributed by atoms with E-state index in [0.717, 1.165) is 5.75 Å². The zero-order valence-electron chi connectivity index (χ0n) is 14.6. The lowest BCUT2D eigenvalue weighted by molar-refractivity contribution is -0.130. The summed E-state index contributed by atoms with van der Waals surface area (Å²) >= 11 is 1.66. The van der Waals surface area contributed by atoms with Gasteiger partial charge < -0.3 is 14.4 Å². The number of hydrogen-bond donors (Lipinski definition) is 0. The molecule has 136 valence electrons. The molecule has 1 aliphatic rings. The lowest BCUT2D eigenvalue weighted by atomic mass is 10.1. The highest BCUT2D eigenvalue weighted by Crippen LogP contribution is 2.29. The minimum absolute atomic E-state index is 0.101. The van der Waals surface area contributed by atoms with Crippen molar-refractivity contribution in [2.45, 2.75) is 11.8 Å². The molecular weight excluding hydrogens is 350 g/mol. The van der Waals surface area contributed by atoms with Crippen molar-refractivity contribution in [2.24, 2.45) is 0 Å². The molecule has 2 aromatic carbocycles. The molecule has 1 aliphatic heterocycles. The Morgan fingerprint density at radius 1 is 1.08 bits per heavy atom. The Balaban J connectivity index is 1.59. The minimum atomic E-state index is -0.156. The average Bonchev–Trinajstić information content (AvgIpc) is 3.16. The SMILES string of the molecule is COc1ccccc1OCC1SCCN1C(=O)CC(=O)c1ccccc1. The van der Waals surface area contributed by atoms with Gasteiger partial charge in [-0.15, -0.1) is 11.8 Å². The number of ketones is 1. The summed E-state index contributed by atoms with van der Waals surface area (Å²) in [5, 5.41) is -0.101. The van der Waals surface area contributed by atoms with Crippen LogP contribution in [-0.2, 0) is 4.79 Å². The Morgan fingerprint density at radius 3 is 2.50 bits per heavy atom. The fourth-order valence-corrected chi connectivity index (χ4v) is 3.95. The van der Waals surface area contributed by atoms with Crippen molar-refractivity contribution in [3.63, 3.8) is 0 Å². The molecule has 0 saturated carbocycles. The fourth-order valence-electron chi connectivity index (χ4n) is 2.81. The maximum atomic E-state index is 12.6. The summed E-state index contributed by atoms with van der Waals surface area (Å²) < 4.78 is 11.1. The number of rotatable bonds is 7. The van der Waals surface area contributed by atoms with Gasteiger partial charge in [-0.05, 0) is 12.1 Å². The third kappa shape index (κ3) is 4.38. The summed E-state index contributed by atoms with van der Waals surface area (Å²) in [5.74, 6) is 1.84. The molecule has 2 aromatic rings. The molecule has 1 unspecified atom stereocenters. The van der Waals surface area contributed by atoms with Gasteiger partial charge in [0.1, 0.15) is 12.0 Å². The van der Waals surface area contributed by atoms with Crippen molar-refractivity contribution >= 4 is 23.5 Å². The number of benzene rings is 2. The number of carbonyl (C=O) groups excluding carboxylic acids is 2. The second-order valence-corrected chi connectivity index (χ2v) is 7.13. The lowest BCUT2D eigenvalue weighted by Crippen LogP contribution is -2.39. The number of amides is 1. The first-order chi connectivity index (χ1) is 12.7. The average molecular weight is 371 g/mol. The van der Waals surface area contributed by atoms with Gasteiger partial charge in [0.2, 0.25) is 5.91 Å². The Bertz CT molecular complexity index is 765. The van der Waals surface area contributed by atoms with Crippen LogP contribution in [0.2, 0.25) is 0 Å². The third-order valence-electron chi connectivity index (χ3n) is 4.17. The predicted octanol–water partition coefficient (Wildman–Crippen LogP) is 3.25. The molecule has 5 nitrogen and oxygen atoms in total. The van der Waals surface area contributed by atoms with Gasteiger partial charge in [0.25, 0.3) is 0 Å². The van der Waals surface area contributed by atoms with E-state index in [0.29, 0.717) is 30.2 Å². The number of hydrogen-bond acceptors (Lipinski definition) is 5. The summed E-state index contributed by atoms with van der Waals surface area (Å²) in [4.78, 5) is 26.6. The van der Waals surface area contributed by atoms with Crippen molar-refractivity contribution in [2.75, 3.05) is 26.0 Å². The molecule has 0 spiro atoms. The van der Waals surface area contributed by atoms with E-state index in [9.17, 15) is 9.59 Å². The number of para-hydroxylation sites is 2. The lowest BCUT2D eigenvalue weighted by Gasteiger charge is -2.24. The van der Waals surface area contributed by atoms with Gasteiger partial charge in [-0.1, -0.05) is 42.5 Å². The third-order valence-corrected chi connectivity index (χ3v) is 5.36. The monoisotopic (exact) mass is 371 g/mol. The normalized spacial score (nSPS) is 16.3. The van der Waals surface area contributed by atoms with Crippen molar-refractivity contribution in [1.82, 2.24) is 4.90 Å². The molecule has 3 rings (SSSR count). The van der Waals surface area contributed by atoms with Gasteiger partial charge in [0, 0.05) is 17.9 Å². The molecule has 1 fully saturated rings. The zero-order valence-corrected chi connectivity index (χ0v) is 15.4. The molecule has 1 amide bonds. The maximum Gasteiger partial charge on any atom is 0.231 e. The quantitative estimate of drug-likeness (QED) is 0.552. The van der Waals surface area contributed by atoms with Crippen LogP contribution in [0.15, 0.2) is 54.6 Å². The first-order valence-electron chi connectivity index (χ1n) is 8.44. The van der Waals surface area contributed by atoms with Gasteiger partial charge in [0.05, 0.1) is 13.5 Å². The Kier molecular flexibility index (Phi) is 6.17. The molecule has 0 aromatic heterocycles. The van der Waals surface area contributed by atoms with Crippen LogP contribution in [0.25, 0.3) is 0 Å². The van der Waals surface area contributed by atoms with Crippen LogP contribution >= 0.6 is 11.8 Å². The smallest absolute Gasteiger partial charge is 0.231 e. The van der Waals surface area contributed by atoms with E-state index >= 15 is 0 Å². The largest absolute Gasteiger partial charge is 0.493 e. The molecule has 0 bridgehead atoms. The van der Waals surface area contributed by atoms with Gasteiger partial charge >= 0.3 is 0 Å². The number of methoxy groups -OCH3 is 1. The van der Waals surface area contributed by atoms with Gasteiger partial charge in [-0.25, -0.2) is 0 Å². The van der Waals surface area contributed by atoms with Crippen LogP contribution in [0, 0.1) is 0 Å². The van der Waals surface area contributed by atoms with E-state index in [1.807, 2.05) is 30.3 Å². The highest BCUT2D eigenvalue weighted by molar-refractivity contribution is 8.00. The summed E-state index contributed by atoms with van der Waals surface area (Å²) in [6.07, 6.45) is -0.115. The van der Waals surface area contributed by atoms with E-state index in [4.69, 9.17) is 9.47 Å². The van der Waals surface area contributed by atoms with Gasteiger partial charge in [0.15, 0.2) is 17.3 Å². The number of ether oxygens (including phenoxy) is 2.